The minimum Gasteiger partial charge on any atom is -0.352 e. The lowest BCUT2D eigenvalue weighted by atomic mass is 9.89. The second-order valence-corrected chi connectivity index (χ2v) is 9.42. The number of aryl methyl sites for hydroxylation is 1. The number of nitrogens with one attached hydrogen (secondary N) is 2. The van der Waals surface area contributed by atoms with E-state index in [1.54, 1.807) is 36.4 Å². The Bertz CT molecular complexity index is 937. The van der Waals surface area contributed by atoms with Gasteiger partial charge in [-0.1, -0.05) is 48.6 Å². The van der Waals surface area contributed by atoms with Crippen LogP contribution in [0, 0.1) is 12.8 Å². The Balaban J connectivity index is 1.66. The van der Waals surface area contributed by atoms with E-state index < -0.39 is 10.0 Å². The van der Waals surface area contributed by atoms with E-state index in [-0.39, 0.29) is 15.8 Å². The van der Waals surface area contributed by atoms with Crippen LogP contribution in [0.5, 0.6) is 0 Å². The maximum atomic E-state index is 12.5. The predicted molar refractivity (Wildman–Crippen MR) is 112 cm³/mol. The number of rotatable bonds is 6. The summed E-state index contributed by atoms with van der Waals surface area (Å²) in [6.45, 7) is 2.54. The summed E-state index contributed by atoms with van der Waals surface area (Å²) in [5.41, 5.74) is 1.63. The molecule has 1 fully saturated rings. The van der Waals surface area contributed by atoms with Gasteiger partial charge in [0.15, 0.2) is 0 Å². The maximum absolute atomic E-state index is 12.5. The summed E-state index contributed by atoms with van der Waals surface area (Å²) in [4.78, 5) is 12.6. The lowest BCUT2D eigenvalue weighted by molar-refractivity contribution is 0.0943. The average Bonchev–Trinajstić information content (AvgIpc) is 2.67. The van der Waals surface area contributed by atoms with Gasteiger partial charge in [-0.15, -0.1) is 0 Å². The molecule has 2 N–H and O–H groups in total. The second-order valence-electron chi connectivity index (χ2n) is 7.33. The first-order chi connectivity index (χ1) is 13.3. The van der Waals surface area contributed by atoms with Gasteiger partial charge < -0.3 is 5.32 Å². The molecule has 150 valence electrons. The fraction of sp³-hybridized carbons (Fsp3) is 0.381. The number of benzene rings is 2. The van der Waals surface area contributed by atoms with Crippen LogP contribution in [0.4, 0.5) is 5.69 Å². The average molecular weight is 421 g/mol. The van der Waals surface area contributed by atoms with Gasteiger partial charge in [-0.3, -0.25) is 9.52 Å². The standard InChI is InChI=1S/C21H25ClN2O3S/c1-15-7-10-18(11-8-15)28(26,27)24-17-9-12-19(20(22)13-17)21(25)23-14-16-5-3-2-4-6-16/h7-13,16,24H,2-6,14H2,1H3,(H,23,25). The Kier molecular flexibility index (Phi) is 6.62. The summed E-state index contributed by atoms with van der Waals surface area (Å²) >= 11 is 6.25. The number of carbonyl (C=O) groups excluding carboxylic acids is 1. The Hall–Kier alpha value is -2.05. The van der Waals surface area contributed by atoms with Crippen LogP contribution in [0.2, 0.25) is 5.02 Å². The molecule has 5 nitrogen and oxygen atoms in total. The molecular formula is C21H25ClN2O3S. The summed E-state index contributed by atoms with van der Waals surface area (Å²) in [7, 11) is -3.71. The molecule has 1 amide bonds. The van der Waals surface area contributed by atoms with Gasteiger partial charge in [-0.25, -0.2) is 8.42 Å². The third kappa shape index (κ3) is 5.26. The first-order valence-corrected chi connectivity index (χ1v) is 11.4. The van der Waals surface area contributed by atoms with Crippen LogP contribution in [0.25, 0.3) is 0 Å². The van der Waals surface area contributed by atoms with Gasteiger partial charge in [0.1, 0.15) is 0 Å². The SMILES string of the molecule is Cc1ccc(S(=O)(=O)Nc2ccc(C(=O)NCC3CCCCC3)c(Cl)c2)cc1. The van der Waals surface area contributed by atoms with E-state index in [4.69, 9.17) is 11.6 Å². The van der Waals surface area contributed by atoms with E-state index in [1.165, 1.54) is 25.3 Å². The third-order valence-electron chi connectivity index (χ3n) is 5.07. The van der Waals surface area contributed by atoms with Crippen molar-refractivity contribution in [2.45, 2.75) is 43.9 Å². The monoisotopic (exact) mass is 420 g/mol. The summed E-state index contributed by atoms with van der Waals surface area (Å²) in [5, 5.41) is 3.16. The number of amides is 1. The van der Waals surface area contributed by atoms with Gasteiger partial charge in [-0.05, 0) is 56.0 Å². The summed E-state index contributed by atoms with van der Waals surface area (Å²) in [6.07, 6.45) is 6.01. The molecule has 0 heterocycles. The van der Waals surface area contributed by atoms with Gasteiger partial charge in [0.2, 0.25) is 0 Å². The van der Waals surface area contributed by atoms with Gasteiger partial charge in [0, 0.05) is 6.54 Å². The van der Waals surface area contributed by atoms with Gasteiger partial charge in [-0.2, -0.15) is 0 Å². The molecule has 3 rings (SSSR count). The summed E-state index contributed by atoms with van der Waals surface area (Å²) in [5.74, 6) is 0.292. The fourth-order valence-electron chi connectivity index (χ4n) is 3.42. The van der Waals surface area contributed by atoms with Crippen molar-refractivity contribution in [3.05, 3.63) is 58.6 Å². The number of hydrogen-bond acceptors (Lipinski definition) is 3. The zero-order chi connectivity index (χ0) is 20.1. The number of carbonyl (C=O) groups is 1. The van der Waals surface area contributed by atoms with Crippen LogP contribution in [0.15, 0.2) is 47.4 Å². The van der Waals surface area contributed by atoms with Gasteiger partial charge in [0.25, 0.3) is 15.9 Å². The third-order valence-corrected chi connectivity index (χ3v) is 6.78. The number of hydrogen-bond donors (Lipinski definition) is 2. The van der Waals surface area contributed by atoms with Crippen LogP contribution in [-0.2, 0) is 10.0 Å². The smallest absolute Gasteiger partial charge is 0.261 e. The topological polar surface area (TPSA) is 75.3 Å². The first-order valence-electron chi connectivity index (χ1n) is 9.52. The highest BCUT2D eigenvalue weighted by Gasteiger charge is 2.18. The molecule has 0 aromatic heterocycles. The highest BCUT2D eigenvalue weighted by Crippen LogP contribution is 2.25. The van der Waals surface area contributed by atoms with Crippen LogP contribution >= 0.6 is 11.6 Å². The lowest BCUT2D eigenvalue weighted by Crippen LogP contribution is -2.30. The van der Waals surface area contributed by atoms with E-state index in [2.05, 4.69) is 10.0 Å². The summed E-state index contributed by atoms with van der Waals surface area (Å²) < 4.78 is 27.5. The van der Waals surface area contributed by atoms with E-state index in [1.807, 2.05) is 6.92 Å². The molecule has 0 aliphatic heterocycles. The molecule has 0 saturated heterocycles. The van der Waals surface area contributed by atoms with Crippen molar-refractivity contribution >= 4 is 33.2 Å². The van der Waals surface area contributed by atoms with Crippen molar-refractivity contribution in [1.29, 1.82) is 0 Å². The van der Waals surface area contributed by atoms with Crippen molar-refractivity contribution in [2.75, 3.05) is 11.3 Å². The van der Waals surface area contributed by atoms with E-state index in [0.29, 0.717) is 23.7 Å². The lowest BCUT2D eigenvalue weighted by Gasteiger charge is -2.21. The van der Waals surface area contributed by atoms with Crippen molar-refractivity contribution in [1.82, 2.24) is 5.32 Å². The molecule has 7 heteroatoms. The summed E-state index contributed by atoms with van der Waals surface area (Å²) in [6, 6.07) is 11.1. The molecule has 28 heavy (non-hydrogen) atoms. The van der Waals surface area contributed by atoms with Crippen LogP contribution in [-0.4, -0.2) is 20.9 Å². The second kappa shape index (κ2) is 8.97. The normalized spacial score (nSPS) is 15.2. The van der Waals surface area contributed by atoms with Gasteiger partial charge >= 0.3 is 0 Å². The van der Waals surface area contributed by atoms with E-state index in [9.17, 15) is 13.2 Å². The molecule has 0 radical (unpaired) electrons. The molecule has 2 aromatic rings. The Morgan fingerprint density at radius 1 is 1.07 bits per heavy atom. The fourth-order valence-corrected chi connectivity index (χ4v) is 4.73. The molecule has 1 saturated carbocycles. The molecular weight excluding hydrogens is 396 g/mol. The minimum atomic E-state index is -3.71. The quantitative estimate of drug-likeness (QED) is 0.707. The molecule has 0 unspecified atom stereocenters. The van der Waals surface area contributed by atoms with E-state index >= 15 is 0 Å². The van der Waals surface area contributed by atoms with Crippen molar-refractivity contribution in [3.8, 4) is 0 Å². The molecule has 0 atom stereocenters. The predicted octanol–water partition coefficient (Wildman–Crippen LogP) is 4.76. The van der Waals surface area contributed by atoms with Crippen LogP contribution < -0.4 is 10.0 Å². The molecule has 2 aromatic carbocycles. The highest BCUT2D eigenvalue weighted by atomic mass is 35.5. The molecule has 1 aliphatic rings. The van der Waals surface area contributed by atoms with Crippen molar-refractivity contribution in [3.63, 3.8) is 0 Å². The number of sulfonamides is 1. The largest absolute Gasteiger partial charge is 0.352 e. The van der Waals surface area contributed by atoms with Crippen molar-refractivity contribution < 1.29 is 13.2 Å². The van der Waals surface area contributed by atoms with Gasteiger partial charge in [0.05, 0.1) is 21.2 Å². The van der Waals surface area contributed by atoms with Crippen LogP contribution in [0.3, 0.4) is 0 Å². The first kappa shape index (κ1) is 20.7. The zero-order valence-electron chi connectivity index (χ0n) is 15.9. The highest BCUT2D eigenvalue weighted by molar-refractivity contribution is 7.92. The maximum Gasteiger partial charge on any atom is 0.261 e. The minimum absolute atomic E-state index is 0.170. The molecule has 0 spiro atoms. The molecule has 1 aliphatic carbocycles. The Morgan fingerprint density at radius 2 is 1.75 bits per heavy atom. The van der Waals surface area contributed by atoms with E-state index in [0.717, 1.165) is 18.4 Å². The molecule has 0 bridgehead atoms. The number of halogens is 1. The Labute approximate surface area is 171 Å². The zero-order valence-corrected chi connectivity index (χ0v) is 17.4. The van der Waals surface area contributed by atoms with Crippen molar-refractivity contribution in [2.24, 2.45) is 5.92 Å². The van der Waals surface area contributed by atoms with Crippen LogP contribution in [0.1, 0.15) is 48.0 Å². The Morgan fingerprint density at radius 3 is 2.39 bits per heavy atom. The number of anilines is 1.